The maximum atomic E-state index is 6.34. The van der Waals surface area contributed by atoms with Gasteiger partial charge in [-0.2, -0.15) is 0 Å². The molecule has 2 N–H and O–H groups in total. The van der Waals surface area contributed by atoms with Crippen molar-refractivity contribution < 1.29 is 0 Å². The van der Waals surface area contributed by atoms with Crippen LogP contribution in [0.25, 0.3) is 0 Å². The highest BCUT2D eigenvalue weighted by Gasteiger charge is 2.31. The number of aliphatic imine (C=N–C) groups is 1. The standard InChI is InChI=1S/C15H12BrCl2N3/c16-9-5-6-11(17)10(7-9)14-8-20-15(19)21(14)13-4-2-1-3-12(13)18/h1-7,14H,8H2,(H2,19,20). The zero-order valence-corrected chi connectivity index (χ0v) is 14.0. The van der Waals surface area contributed by atoms with Crippen LogP contribution in [-0.4, -0.2) is 12.5 Å². The summed E-state index contributed by atoms with van der Waals surface area (Å²) in [4.78, 5) is 6.28. The number of benzene rings is 2. The summed E-state index contributed by atoms with van der Waals surface area (Å²) >= 11 is 16.1. The molecule has 1 unspecified atom stereocenters. The van der Waals surface area contributed by atoms with E-state index in [-0.39, 0.29) is 6.04 Å². The second-order valence-electron chi connectivity index (χ2n) is 4.70. The van der Waals surface area contributed by atoms with Crippen molar-refractivity contribution >= 4 is 50.8 Å². The van der Waals surface area contributed by atoms with Crippen LogP contribution in [0.2, 0.25) is 10.0 Å². The smallest absolute Gasteiger partial charge is 0.196 e. The second kappa shape index (κ2) is 5.87. The average molecular weight is 385 g/mol. The van der Waals surface area contributed by atoms with Crippen LogP contribution in [0.15, 0.2) is 51.9 Å². The van der Waals surface area contributed by atoms with E-state index in [1.165, 1.54) is 0 Å². The van der Waals surface area contributed by atoms with Gasteiger partial charge in [0.2, 0.25) is 0 Å². The van der Waals surface area contributed by atoms with E-state index in [1.807, 2.05) is 47.4 Å². The van der Waals surface area contributed by atoms with Crippen molar-refractivity contribution in [2.24, 2.45) is 10.7 Å². The van der Waals surface area contributed by atoms with E-state index in [9.17, 15) is 0 Å². The average Bonchev–Trinajstić information content (AvgIpc) is 2.84. The summed E-state index contributed by atoms with van der Waals surface area (Å²) in [6, 6.07) is 13.3. The lowest BCUT2D eigenvalue weighted by atomic mass is 10.1. The fraction of sp³-hybridized carbons (Fsp3) is 0.133. The fourth-order valence-corrected chi connectivity index (χ4v) is 3.29. The van der Waals surface area contributed by atoms with Crippen LogP contribution in [0.4, 0.5) is 5.69 Å². The molecule has 2 aromatic carbocycles. The number of nitrogens with zero attached hydrogens (tertiary/aromatic N) is 2. The zero-order valence-electron chi connectivity index (χ0n) is 10.9. The largest absolute Gasteiger partial charge is 0.369 e. The van der Waals surface area contributed by atoms with Gasteiger partial charge in [-0.15, -0.1) is 0 Å². The first-order chi connectivity index (χ1) is 10.1. The van der Waals surface area contributed by atoms with E-state index in [4.69, 9.17) is 28.9 Å². The molecule has 1 heterocycles. The van der Waals surface area contributed by atoms with Crippen LogP contribution in [0, 0.1) is 0 Å². The molecule has 3 nitrogen and oxygen atoms in total. The van der Waals surface area contributed by atoms with Gasteiger partial charge in [0.1, 0.15) is 0 Å². The molecule has 1 atom stereocenters. The molecular formula is C15H12BrCl2N3. The van der Waals surface area contributed by atoms with Crippen LogP contribution in [0.1, 0.15) is 11.6 Å². The number of guanidine groups is 1. The third-order valence-corrected chi connectivity index (χ3v) is 4.57. The van der Waals surface area contributed by atoms with Gasteiger partial charge < -0.3 is 10.6 Å². The molecular weight excluding hydrogens is 373 g/mol. The molecule has 0 fully saturated rings. The van der Waals surface area contributed by atoms with Crippen molar-refractivity contribution in [2.75, 3.05) is 11.4 Å². The van der Waals surface area contributed by atoms with Gasteiger partial charge in [-0.3, -0.25) is 4.99 Å². The van der Waals surface area contributed by atoms with Gasteiger partial charge in [-0.25, -0.2) is 0 Å². The van der Waals surface area contributed by atoms with Crippen LogP contribution in [-0.2, 0) is 0 Å². The molecule has 0 bridgehead atoms. The van der Waals surface area contributed by atoms with Gasteiger partial charge >= 0.3 is 0 Å². The van der Waals surface area contributed by atoms with Gasteiger partial charge in [0, 0.05) is 9.50 Å². The van der Waals surface area contributed by atoms with Crippen molar-refractivity contribution in [3.8, 4) is 0 Å². The maximum absolute atomic E-state index is 6.34. The minimum absolute atomic E-state index is 0.0603. The molecule has 0 aromatic heterocycles. The highest BCUT2D eigenvalue weighted by Crippen LogP contribution is 2.38. The van der Waals surface area contributed by atoms with E-state index in [0.29, 0.717) is 22.5 Å². The number of hydrogen-bond acceptors (Lipinski definition) is 3. The number of para-hydroxylation sites is 1. The van der Waals surface area contributed by atoms with E-state index in [0.717, 1.165) is 15.7 Å². The van der Waals surface area contributed by atoms with Gasteiger partial charge in [-0.05, 0) is 35.9 Å². The number of nitrogens with two attached hydrogens (primary N) is 1. The molecule has 0 aliphatic carbocycles. The monoisotopic (exact) mass is 383 g/mol. The van der Waals surface area contributed by atoms with Crippen LogP contribution in [0.5, 0.6) is 0 Å². The highest BCUT2D eigenvalue weighted by atomic mass is 79.9. The molecule has 108 valence electrons. The first-order valence-corrected chi connectivity index (χ1v) is 7.91. The number of hydrogen-bond donors (Lipinski definition) is 1. The van der Waals surface area contributed by atoms with Gasteiger partial charge in [-0.1, -0.05) is 51.3 Å². The molecule has 3 rings (SSSR count). The number of anilines is 1. The Balaban J connectivity index is 2.07. The summed E-state index contributed by atoms with van der Waals surface area (Å²) in [6.45, 7) is 0.549. The minimum Gasteiger partial charge on any atom is -0.369 e. The molecule has 2 aromatic rings. The predicted molar refractivity (Wildman–Crippen MR) is 92.3 cm³/mol. The highest BCUT2D eigenvalue weighted by molar-refractivity contribution is 9.10. The lowest BCUT2D eigenvalue weighted by Gasteiger charge is -2.28. The third kappa shape index (κ3) is 2.76. The van der Waals surface area contributed by atoms with E-state index in [1.54, 1.807) is 0 Å². The number of halogens is 3. The van der Waals surface area contributed by atoms with Gasteiger partial charge in [0.15, 0.2) is 5.96 Å². The van der Waals surface area contributed by atoms with Crippen LogP contribution >= 0.6 is 39.1 Å². The quantitative estimate of drug-likeness (QED) is 0.819. The van der Waals surface area contributed by atoms with Gasteiger partial charge in [0.05, 0.1) is 23.3 Å². The molecule has 1 aliphatic heterocycles. The first kappa shape index (κ1) is 14.7. The Morgan fingerprint density at radius 2 is 1.90 bits per heavy atom. The summed E-state index contributed by atoms with van der Waals surface area (Å²) in [5.41, 5.74) is 7.86. The van der Waals surface area contributed by atoms with Crippen molar-refractivity contribution in [1.29, 1.82) is 0 Å². The normalized spacial score (nSPS) is 18.0. The van der Waals surface area contributed by atoms with Crippen LogP contribution in [0.3, 0.4) is 0 Å². The lowest BCUT2D eigenvalue weighted by Crippen LogP contribution is -2.36. The molecule has 0 spiro atoms. The molecule has 0 radical (unpaired) electrons. The van der Waals surface area contributed by atoms with E-state index >= 15 is 0 Å². The third-order valence-electron chi connectivity index (χ3n) is 3.41. The zero-order chi connectivity index (χ0) is 15.0. The Hall–Kier alpha value is -1.23. The topological polar surface area (TPSA) is 41.6 Å². The van der Waals surface area contributed by atoms with Crippen molar-refractivity contribution in [3.05, 3.63) is 62.5 Å². The van der Waals surface area contributed by atoms with E-state index < -0.39 is 0 Å². The second-order valence-corrected chi connectivity index (χ2v) is 6.43. The molecule has 6 heteroatoms. The Morgan fingerprint density at radius 3 is 2.67 bits per heavy atom. The summed E-state index contributed by atoms with van der Waals surface area (Å²) < 4.78 is 0.964. The Kier molecular flexibility index (Phi) is 4.11. The molecule has 0 saturated carbocycles. The Morgan fingerprint density at radius 1 is 1.14 bits per heavy atom. The molecule has 0 amide bonds. The van der Waals surface area contributed by atoms with Crippen molar-refractivity contribution in [3.63, 3.8) is 0 Å². The maximum Gasteiger partial charge on any atom is 0.196 e. The summed E-state index contributed by atoms with van der Waals surface area (Å²) in [5.74, 6) is 0.448. The summed E-state index contributed by atoms with van der Waals surface area (Å²) in [7, 11) is 0. The SMILES string of the molecule is NC1=NCC(c2cc(Br)ccc2Cl)N1c1ccccc1Cl. The van der Waals surface area contributed by atoms with Gasteiger partial charge in [0.25, 0.3) is 0 Å². The summed E-state index contributed by atoms with van der Waals surface area (Å²) in [5, 5.41) is 1.32. The van der Waals surface area contributed by atoms with Crippen molar-refractivity contribution in [1.82, 2.24) is 0 Å². The number of rotatable bonds is 2. The Bertz CT molecular complexity index is 718. The first-order valence-electron chi connectivity index (χ1n) is 6.36. The van der Waals surface area contributed by atoms with E-state index in [2.05, 4.69) is 20.9 Å². The van der Waals surface area contributed by atoms with Crippen molar-refractivity contribution in [2.45, 2.75) is 6.04 Å². The van der Waals surface area contributed by atoms with Crippen LogP contribution < -0.4 is 10.6 Å². The molecule has 1 aliphatic rings. The fourth-order valence-electron chi connectivity index (χ4n) is 2.44. The molecule has 0 saturated heterocycles. The Labute approximate surface area is 141 Å². The minimum atomic E-state index is -0.0603. The molecule has 21 heavy (non-hydrogen) atoms. The summed E-state index contributed by atoms with van der Waals surface area (Å²) in [6.07, 6.45) is 0. The lowest BCUT2D eigenvalue weighted by molar-refractivity contribution is 0.768. The predicted octanol–water partition coefficient (Wildman–Crippen LogP) is 4.63.